The highest BCUT2D eigenvalue weighted by atomic mass is 35.5. The van der Waals surface area contributed by atoms with Crippen LogP contribution < -0.4 is 0 Å². The fourth-order valence-corrected chi connectivity index (χ4v) is 3.24. The summed E-state index contributed by atoms with van der Waals surface area (Å²) in [6.07, 6.45) is 0.0712. The maximum atomic E-state index is 11.6. The molecule has 0 aliphatic rings. The van der Waals surface area contributed by atoms with E-state index in [9.17, 15) is 10.1 Å². The van der Waals surface area contributed by atoms with Crippen molar-refractivity contribution in [2.75, 3.05) is 0 Å². The predicted molar refractivity (Wildman–Crippen MR) is 122 cm³/mol. The first-order valence-electron chi connectivity index (χ1n) is 10.0. The summed E-state index contributed by atoms with van der Waals surface area (Å²) in [5, 5.41) is 14.9. The SMILES string of the molecule is C=CC(=O)OC(C)O/C(=C(/C#N)c1ccc(C(C)(C)C)cc1)c1c(Cl)c(C)nn1CC. The zero-order valence-corrected chi connectivity index (χ0v) is 19.6. The van der Waals surface area contributed by atoms with Crippen LogP contribution in [-0.2, 0) is 26.2 Å². The van der Waals surface area contributed by atoms with Crippen LogP contribution in [0, 0.1) is 18.3 Å². The Balaban J connectivity index is 2.69. The van der Waals surface area contributed by atoms with E-state index in [4.69, 9.17) is 21.1 Å². The van der Waals surface area contributed by atoms with Crippen LogP contribution in [0.25, 0.3) is 11.3 Å². The molecule has 0 radical (unpaired) electrons. The lowest BCUT2D eigenvalue weighted by Crippen LogP contribution is -2.18. The van der Waals surface area contributed by atoms with Crippen LogP contribution in [0.3, 0.4) is 0 Å². The summed E-state index contributed by atoms with van der Waals surface area (Å²) in [5.74, 6) is -0.436. The second-order valence-corrected chi connectivity index (χ2v) is 8.41. The molecule has 0 spiro atoms. The maximum absolute atomic E-state index is 11.6. The zero-order valence-electron chi connectivity index (χ0n) is 18.8. The van der Waals surface area contributed by atoms with Gasteiger partial charge in [-0.3, -0.25) is 4.68 Å². The van der Waals surface area contributed by atoms with Crippen molar-refractivity contribution in [1.29, 1.82) is 5.26 Å². The van der Waals surface area contributed by atoms with Crippen molar-refractivity contribution >= 4 is 28.9 Å². The summed E-state index contributed by atoms with van der Waals surface area (Å²) < 4.78 is 12.8. The number of allylic oxidation sites excluding steroid dienone is 1. The molecule has 0 aliphatic heterocycles. The zero-order chi connectivity index (χ0) is 23.3. The van der Waals surface area contributed by atoms with Gasteiger partial charge in [-0.2, -0.15) is 10.4 Å². The van der Waals surface area contributed by atoms with Crippen molar-refractivity contribution < 1.29 is 14.3 Å². The summed E-state index contributed by atoms with van der Waals surface area (Å²) in [6, 6.07) is 9.94. The van der Waals surface area contributed by atoms with Crippen LogP contribution in [0.5, 0.6) is 0 Å². The molecule has 2 rings (SSSR count). The third-order valence-electron chi connectivity index (χ3n) is 4.68. The Labute approximate surface area is 188 Å². The van der Waals surface area contributed by atoms with Crippen LogP contribution in [0.15, 0.2) is 36.9 Å². The molecule has 1 atom stereocenters. The summed E-state index contributed by atoms with van der Waals surface area (Å²) in [7, 11) is 0. The van der Waals surface area contributed by atoms with E-state index in [0.717, 1.165) is 11.6 Å². The molecule has 1 unspecified atom stereocenters. The number of hydrogen-bond donors (Lipinski definition) is 0. The average Bonchev–Trinajstić information content (AvgIpc) is 3.01. The summed E-state index contributed by atoms with van der Waals surface area (Å²) in [4.78, 5) is 11.6. The van der Waals surface area contributed by atoms with Crippen LogP contribution in [0.2, 0.25) is 5.02 Å². The molecule has 1 heterocycles. The van der Waals surface area contributed by atoms with Crippen molar-refractivity contribution in [3.05, 3.63) is 64.5 Å². The van der Waals surface area contributed by atoms with Gasteiger partial charge in [-0.1, -0.05) is 63.2 Å². The molecule has 0 fully saturated rings. The van der Waals surface area contributed by atoms with E-state index in [2.05, 4.69) is 38.5 Å². The van der Waals surface area contributed by atoms with Gasteiger partial charge in [0.25, 0.3) is 0 Å². The molecule has 6 nitrogen and oxygen atoms in total. The molecule has 0 amide bonds. The number of ether oxygens (including phenoxy) is 2. The van der Waals surface area contributed by atoms with Gasteiger partial charge < -0.3 is 9.47 Å². The molecular weight excluding hydrogens is 414 g/mol. The number of aryl methyl sites for hydroxylation is 2. The van der Waals surface area contributed by atoms with E-state index in [1.807, 2.05) is 31.2 Å². The number of benzene rings is 1. The lowest BCUT2D eigenvalue weighted by Gasteiger charge is -2.21. The third-order valence-corrected chi connectivity index (χ3v) is 5.13. The van der Waals surface area contributed by atoms with Crippen molar-refractivity contribution in [1.82, 2.24) is 9.78 Å². The van der Waals surface area contributed by atoms with E-state index < -0.39 is 12.3 Å². The topological polar surface area (TPSA) is 77.1 Å². The number of rotatable bonds is 7. The molecule has 164 valence electrons. The monoisotopic (exact) mass is 441 g/mol. The normalized spacial score (nSPS) is 13.1. The van der Waals surface area contributed by atoms with Gasteiger partial charge in [0.05, 0.1) is 10.7 Å². The standard InChI is InChI=1S/C24H28ClN3O3/c1-8-20(29)30-16(4)31-23(22-21(25)15(3)27-28(22)9-2)19(14-26)17-10-12-18(13-11-17)24(5,6)7/h8,10-13,16H,1,9H2,2-7H3/b23-19-. The number of carbonyl (C=O) groups is 1. The van der Waals surface area contributed by atoms with Gasteiger partial charge in [0, 0.05) is 19.5 Å². The lowest BCUT2D eigenvalue weighted by atomic mass is 9.86. The number of nitrogens with zero attached hydrogens (tertiary/aromatic N) is 3. The summed E-state index contributed by atoms with van der Waals surface area (Å²) in [5.41, 5.74) is 3.10. The third kappa shape index (κ3) is 5.56. The molecule has 7 heteroatoms. The molecule has 0 saturated heterocycles. The Morgan fingerprint density at radius 2 is 1.94 bits per heavy atom. The van der Waals surface area contributed by atoms with Crippen molar-refractivity contribution in [2.45, 2.75) is 59.8 Å². The number of nitriles is 1. The maximum Gasteiger partial charge on any atom is 0.333 e. The van der Waals surface area contributed by atoms with E-state index in [0.29, 0.717) is 28.5 Å². The molecular formula is C24H28ClN3O3. The molecule has 31 heavy (non-hydrogen) atoms. The smallest absolute Gasteiger partial charge is 0.333 e. The molecule has 0 bridgehead atoms. The predicted octanol–water partition coefficient (Wildman–Crippen LogP) is 5.65. The van der Waals surface area contributed by atoms with Crippen molar-refractivity contribution in [3.63, 3.8) is 0 Å². The highest BCUT2D eigenvalue weighted by Crippen LogP contribution is 2.35. The first kappa shape index (κ1) is 24.2. The highest BCUT2D eigenvalue weighted by Gasteiger charge is 2.26. The minimum absolute atomic E-state index is 0.0248. The van der Waals surface area contributed by atoms with Crippen LogP contribution in [-0.4, -0.2) is 22.0 Å². The van der Waals surface area contributed by atoms with Crippen molar-refractivity contribution in [3.8, 4) is 6.07 Å². The summed E-state index contributed by atoms with van der Waals surface area (Å²) >= 11 is 6.55. The van der Waals surface area contributed by atoms with E-state index in [1.165, 1.54) is 0 Å². The minimum Gasteiger partial charge on any atom is -0.451 e. The van der Waals surface area contributed by atoms with Gasteiger partial charge in [-0.25, -0.2) is 4.79 Å². The largest absolute Gasteiger partial charge is 0.451 e. The van der Waals surface area contributed by atoms with Gasteiger partial charge in [0.15, 0.2) is 5.76 Å². The van der Waals surface area contributed by atoms with Crippen LogP contribution in [0.1, 0.15) is 57.1 Å². The number of aromatic nitrogens is 2. The minimum atomic E-state index is -0.978. The Kier molecular flexibility index (Phi) is 7.70. The number of halogens is 1. The van der Waals surface area contributed by atoms with Gasteiger partial charge in [0.1, 0.15) is 17.3 Å². The Bertz CT molecular complexity index is 1040. The van der Waals surface area contributed by atoms with Gasteiger partial charge >= 0.3 is 5.97 Å². The van der Waals surface area contributed by atoms with E-state index in [1.54, 1.807) is 18.5 Å². The Morgan fingerprint density at radius 1 is 1.32 bits per heavy atom. The first-order chi connectivity index (χ1) is 14.5. The highest BCUT2D eigenvalue weighted by molar-refractivity contribution is 6.33. The molecule has 1 aromatic carbocycles. The molecule has 1 aromatic heterocycles. The molecule has 2 aromatic rings. The first-order valence-corrected chi connectivity index (χ1v) is 10.4. The second-order valence-electron chi connectivity index (χ2n) is 8.03. The Morgan fingerprint density at radius 3 is 2.42 bits per heavy atom. The average molecular weight is 442 g/mol. The fourth-order valence-electron chi connectivity index (χ4n) is 3.02. The van der Waals surface area contributed by atoms with E-state index in [-0.39, 0.29) is 16.7 Å². The van der Waals surface area contributed by atoms with Gasteiger partial charge in [-0.05, 0) is 30.4 Å². The number of hydrogen-bond acceptors (Lipinski definition) is 5. The lowest BCUT2D eigenvalue weighted by molar-refractivity contribution is -0.157. The Hall–Kier alpha value is -3.04. The number of carbonyl (C=O) groups excluding carboxylic acids is 1. The van der Waals surface area contributed by atoms with E-state index >= 15 is 0 Å². The molecule has 0 N–H and O–H groups in total. The second kappa shape index (κ2) is 9.84. The summed E-state index contributed by atoms with van der Waals surface area (Å²) in [6.45, 7) is 15.5. The van der Waals surface area contributed by atoms with Crippen LogP contribution >= 0.6 is 11.6 Å². The van der Waals surface area contributed by atoms with Crippen LogP contribution in [0.4, 0.5) is 0 Å². The van der Waals surface area contributed by atoms with Gasteiger partial charge in [0.2, 0.25) is 6.29 Å². The van der Waals surface area contributed by atoms with Gasteiger partial charge in [-0.15, -0.1) is 0 Å². The number of esters is 1. The fraction of sp³-hybridized carbons (Fsp3) is 0.375. The quantitative estimate of drug-likeness (QED) is 0.182. The molecule has 0 saturated carbocycles. The van der Waals surface area contributed by atoms with Crippen molar-refractivity contribution in [2.24, 2.45) is 0 Å². The molecule has 0 aliphatic carbocycles.